The van der Waals surface area contributed by atoms with Crippen LogP contribution in [0.2, 0.25) is 0 Å². The maximum absolute atomic E-state index is 12.0. The SMILES string of the molecule is CC1CCCC1C(=O)Nc1c(N)cnn1C. The van der Waals surface area contributed by atoms with E-state index in [0.717, 1.165) is 19.3 Å². The number of nitrogens with two attached hydrogens (primary N) is 1. The van der Waals surface area contributed by atoms with Crippen molar-refractivity contribution in [3.05, 3.63) is 6.20 Å². The fraction of sp³-hybridized carbons (Fsp3) is 0.636. The van der Waals surface area contributed by atoms with Gasteiger partial charge in [-0.1, -0.05) is 13.3 Å². The molecule has 5 nitrogen and oxygen atoms in total. The van der Waals surface area contributed by atoms with Gasteiger partial charge in [0.1, 0.15) is 0 Å². The Morgan fingerprint density at radius 2 is 2.38 bits per heavy atom. The van der Waals surface area contributed by atoms with Crippen molar-refractivity contribution in [2.75, 3.05) is 11.1 Å². The maximum atomic E-state index is 12.0. The summed E-state index contributed by atoms with van der Waals surface area (Å²) in [6.45, 7) is 2.13. The first-order valence-electron chi connectivity index (χ1n) is 5.68. The molecular weight excluding hydrogens is 204 g/mol. The molecule has 0 aliphatic heterocycles. The summed E-state index contributed by atoms with van der Waals surface area (Å²) in [4.78, 5) is 12.0. The lowest BCUT2D eigenvalue weighted by molar-refractivity contribution is -0.120. The smallest absolute Gasteiger partial charge is 0.228 e. The van der Waals surface area contributed by atoms with Crippen molar-refractivity contribution in [2.24, 2.45) is 18.9 Å². The number of hydrogen-bond donors (Lipinski definition) is 2. The van der Waals surface area contributed by atoms with Gasteiger partial charge in [-0.25, -0.2) is 0 Å². The highest BCUT2D eigenvalue weighted by atomic mass is 16.2. The normalized spacial score (nSPS) is 24.6. The second-order valence-corrected chi connectivity index (χ2v) is 4.58. The number of nitrogens with zero attached hydrogens (tertiary/aromatic N) is 2. The van der Waals surface area contributed by atoms with Gasteiger partial charge in [0.25, 0.3) is 0 Å². The van der Waals surface area contributed by atoms with Crippen LogP contribution < -0.4 is 11.1 Å². The summed E-state index contributed by atoms with van der Waals surface area (Å²) >= 11 is 0. The molecule has 0 spiro atoms. The summed E-state index contributed by atoms with van der Waals surface area (Å²) in [5.41, 5.74) is 6.24. The number of amides is 1. The van der Waals surface area contributed by atoms with Crippen molar-refractivity contribution in [2.45, 2.75) is 26.2 Å². The molecule has 1 fully saturated rings. The number of nitrogen functional groups attached to an aromatic ring is 1. The maximum Gasteiger partial charge on any atom is 0.228 e. The molecule has 5 heteroatoms. The number of aromatic nitrogens is 2. The summed E-state index contributed by atoms with van der Waals surface area (Å²) in [6.07, 6.45) is 4.80. The zero-order valence-electron chi connectivity index (χ0n) is 9.73. The number of anilines is 2. The highest BCUT2D eigenvalue weighted by Gasteiger charge is 2.30. The quantitative estimate of drug-likeness (QED) is 0.794. The van der Waals surface area contributed by atoms with E-state index in [1.807, 2.05) is 0 Å². The third-order valence-corrected chi connectivity index (χ3v) is 3.41. The summed E-state index contributed by atoms with van der Waals surface area (Å²) in [5.74, 6) is 1.26. The number of carbonyl (C=O) groups is 1. The number of aryl methyl sites for hydroxylation is 1. The Kier molecular flexibility index (Phi) is 2.85. The standard InChI is InChI=1S/C11H18N4O/c1-7-4-3-5-8(7)11(16)14-10-9(12)6-13-15(10)2/h6-8H,3-5,12H2,1-2H3,(H,14,16). The molecule has 1 aliphatic carbocycles. The fourth-order valence-corrected chi connectivity index (χ4v) is 2.35. The molecule has 2 rings (SSSR count). The van der Waals surface area contributed by atoms with E-state index >= 15 is 0 Å². The Morgan fingerprint density at radius 3 is 2.88 bits per heavy atom. The van der Waals surface area contributed by atoms with Gasteiger partial charge in [-0.2, -0.15) is 5.10 Å². The van der Waals surface area contributed by atoms with Crippen molar-refractivity contribution in [3.63, 3.8) is 0 Å². The summed E-state index contributed by atoms with van der Waals surface area (Å²) in [7, 11) is 1.77. The van der Waals surface area contributed by atoms with Gasteiger partial charge in [-0.3, -0.25) is 9.48 Å². The average molecular weight is 222 g/mol. The van der Waals surface area contributed by atoms with Crippen molar-refractivity contribution in [1.82, 2.24) is 9.78 Å². The van der Waals surface area contributed by atoms with E-state index < -0.39 is 0 Å². The van der Waals surface area contributed by atoms with Crippen molar-refractivity contribution < 1.29 is 4.79 Å². The topological polar surface area (TPSA) is 72.9 Å². The molecule has 2 atom stereocenters. The molecule has 1 aliphatic rings. The Balaban J connectivity index is 2.07. The van der Waals surface area contributed by atoms with Crippen molar-refractivity contribution in [1.29, 1.82) is 0 Å². The van der Waals surface area contributed by atoms with Crippen LogP contribution in [-0.2, 0) is 11.8 Å². The number of rotatable bonds is 2. The van der Waals surface area contributed by atoms with E-state index in [-0.39, 0.29) is 11.8 Å². The average Bonchev–Trinajstić information content (AvgIpc) is 2.79. The van der Waals surface area contributed by atoms with Crippen molar-refractivity contribution >= 4 is 17.4 Å². The molecule has 0 saturated heterocycles. The van der Waals surface area contributed by atoms with E-state index in [4.69, 9.17) is 5.73 Å². The van der Waals surface area contributed by atoms with E-state index in [1.54, 1.807) is 17.9 Å². The molecule has 1 heterocycles. The van der Waals surface area contributed by atoms with Crippen molar-refractivity contribution in [3.8, 4) is 0 Å². The van der Waals surface area contributed by atoms with E-state index in [0.29, 0.717) is 17.4 Å². The summed E-state index contributed by atoms with van der Waals surface area (Å²) in [6, 6.07) is 0. The van der Waals surface area contributed by atoms with E-state index in [9.17, 15) is 4.79 Å². The van der Waals surface area contributed by atoms with Gasteiger partial charge in [-0.15, -0.1) is 0 Å². The van der Waals surface area contributed by atoms with Gasteiger partial charge in [-0.05, 0) is 18.8 Å². The van der Waals surface area contributed by atoms with Crippen LogP contribution in [0.15, 0.2) is 6.20 Å². The first-order valence-corrected chi connectivity index (χ1v) is 5.68. The fourth-order valence-electron chi connectivity index (χ4n) is 2.35. The monoisotopic (exact) mass is 222 g/mol. The molecule has 0 radical (unpaired) electrons. The van der Waals surface area contributed by atoms with E-state index in [1.165, 1.54) is 0 Å². The molecule has 1 amide bonds. The molecule has 1 aromatic rings. The largest absolute Gasteiger partial charge is 0.394 e. The molecule has 1 saturated carbocycles. The predicted molar refractivity (Wildman–Crippen MR) is 62.8 cm³/mol. The van der Waals surface area contributed by atoms with Gasteiger partial charge in [0.15, 0.2) is 5.82 Å². The summed E-state index contributed by atoms with van der Waals surface area (Å²) < 4.78 is 1.59. The van der Waals surface area contributed by atoms with E-state index in [2.05, 4.69) is 17.3 Å². The second kappa shape index (κ2) is 4.15. The highest BCUT2D eigenvalue weighted by Crippen LogP contribution is 2.32. The lowest BCUT2D eigenvalue weighted by atomic mass is 9.97. The molecule has 88 valence electrons. The van der Waals surface area contributed by atoms with Crippen LogP contribution in [0.25, 0.3) is 0 Å². The van der Waals surface area contributed by atoms with Crippen LogP contribution in [0.5, 0.6) is 0 Å². The molecule has 0 bridgehead atoms. The minimum atomic E-state index is 0.0697. The molecule has 16 heavy (non-hydrogen) atoms. The zero-order chi connectivity index (χ0) is 11.7. The molecule has 1 aromatic heterocycles. The minimum absolute atomic E-state index is 0.0697. The molecular formula is C11H18N4O. The molecule has 2 unspecified atom stereocenters. The lowest BCUT2D eigenvalue weighted by Crippen LogP contribution is -2.26. The Morgan fingerprint density at radius 1 is 1.62 bits per heavy atom. The van der Waals surface area contributed by atoms with Crippen LogP contribution in [0, 0.1) is 11.8 Å². The second-order valence-electron chi connectivity index (χ2n) is 4.58. The number of nitrogens with one attached hydrogen (secondary N) is 1. The predicted octanol–water partition coefficient (Wildman–Crippen LogP) is 1.38. The van der Waals surface area contributed by atoms with Crippen LogP contribution in [0.3, 0.4) is 0 Å². The molecule has 0 aromatic carbocycles. The van der Waals surface area contributed by atoms with Crippen LogP contribution >= 0.6 is 0 Å². The third kappa shape index (κ3) is 1.89. The highest BCUT2D eigenvalue weighted by molar-refractivity contribution is 5.94. The van der Waals surface area contributed by atoms with Gasteiger partial charge in [0, 0.05) is 13.0 Å². The number of carbonyl (C=O) groups excluding carboxylic acids is 1. The molecule has 3 N–H and O–H groups in total. The third-order valence-electron chi connectivity index (χ3n) is 3.41. The Hall–Kier alpha value is -1.52. The number of hydrogen-bond acceptors (Lipinski definition) is 3. The zero-order valence-corrected chi connectivity index (χ0v) is 9.73. The lowest BCUT2D eigenvalue weighted by Gasteiger charge is -2.15. The summed E-state index contributed by atoms with van der Waals surface area (Å²) in [5, 5.41) is 6.86. The first-order chi connectivity index (χ1) is 7.59. The van der Waals surface area contributed by atoms with Gasteiger partial charge in [0.2, 0.25) is 5.91 Å². The van der Waals surface area contributed by atoms with Gasteiger partial charge in [0.05, 0.1) is 11.9 Å². The van der Waals surface area contributed by atoms with Gasteiger partial charge < -0.3 is 11.1 Å². The minimum Gasteiger partial charge on any atom is -0.394 e. The van der Waals surface area contributed by atoms with Crippen LogP contribution in [-0.4, -0.2) is 15.7 Å². The Bertz CT molecular complexity index is 379. The van der Waals surface area contributed by atoms with Crippen LogP contribution in [0.1, 0.15) is 26.2 Å². The first kappa shape index (κ1) is 11.0. The van der Waals surface area contributed by atoms with Gasteiger partial charge >= 0.3 is 0 Å². The van der Waals surface area contributed by atoms with Crippen LogP contribution in [0.4, 0.5) is 11.5 Å². The Labute approximate surface area is 95.0 Å².